The van der Waals surface area contributed by atoms with Crippen LogP contribution in [0.4, 0.5) is 0 Å². The van der Waals surface area contributed by atoms with E-state index in [1.54, 1.807) is 18.4 Å². The Hall–Kier alpha value is -1.60. The maximum Gasteiger partial charge on any atom is 0.165 e. The van der Waals surface area contributed by atoms with E-state index in [0.717, 1.165) is 43.7 Å². The predicted octanol–water partition coefficient (Wildman–Crippen LogP) is 4.20. The van der Waals surface area contributed by atoms with Crippen LogP contribution in [0, 0.1) is 16.7 Å². The van der Waals surface area contributed by atoms with E-state index in [1.807, 2.05) is 13.0 Å². The van der Waals surface area contributed by atoms with Crippen LogP contribution in [0.3, 0.4) is 0 Å². The van der Waals surface area contributed by atoms with Crippen LogP contribution in [-0.4, -0.2) is 53.6 Å². The average Bonchev–Trinajstić information content (AvgIpc) is 3.29. The number of aliphatic hydroxyl groups is 1. The molecule has 0 amide bonds. The molecule has 5 unspecified atom stereocenters. The fourth-order valence-corrected chi connectivity index (χ4v) is 10.3. The summed E-state index contributed by atoms with van der Waals surface area (Å²) >= 11 is 1.64. The second kappa shape index (κ2) is 6.20. The van der Waals surface area contributed by atoms with Crippen LogP contribution >= 0.6 is 11.3 Å². The summed E-state index contributed by atoms with van der Waals surface area (Å²) in [5.41, 5.74) is 2.10. The molecule has 7 aliphatic rings. The topological polar surface area (TPSA) is 62.2 Å². The highest BCUT2D eigenvalue weighted by Crippen LogP contribution is 2.83. The minimum atomic E-state index is -1.00. The first-order chi connectivity index (χ1) is 16.4. The van der Waals surface area contributed by atoms with Crippen molar-refractivity contribution < 1.29 is 19.7 Å². The van der Waals surface area contributed by atoms with E-state index in [9.17, 15) is 10.2 Å². The van der Waals surface area contributed by atoms with E-state index in [1.165, 1.54) is 30.5 Å². The Bertz CT molecular complexity index is 1180. The second-order valence-corrected chi connectivity index (χ2v) is 13.1. The number of rotatable bonds is 5. The van der Waals surface area contributed by atoms with Gasteiger partial charge >= 0.3 is 0 Å². The average molecular weight is 480 g/mol. The summed E-state index contributed by atoms with van der Waals surface area (Å²) in [5, 5.41) is 27.2. The lowest BCUT2D eigenvalue weighted by Crippen LogP contribution is -2.85. The van der Waals surface area contributed by atoms with Crippen molar-refractivity contribution in [2.45, 2.75) is 74.7 Å². The molecular weight excluding hydrogens is 446 g/mol. The molecule has 2 N–H and O–H groups in total. The van der Waals surface area contributed by atoms with Crippen molar-refractivity contribution in [2.75, 3.05) is 20.2 Å². The highest BCUT2D eigenvalue weighted by molar-refractivity contribution is 7.08. The van der Waals surface area contributed by atoms with E-state index < -0.39 is 11.0 Å². The van der Waals surface area contributed by atoms with Gasteiger partial charge in [-0.3, -0.25) is 4.90 Å². The smallest absolute Gasteiger partial charge is 0.165 e. The number of thiophene rings is 1. The molecule has 4 saturated carbocycles. The summed E-state index contributed by atoms with van der Waals surface area (Å²) in [6, 6.07) is 6.49. The summed E-state index contributed by atoms with van der Waals surface area (Å²) in [6.07, 6.45) is 6.26. The third-order valence-electron chi connectivity index (χ3n) is 11.2. The fraction of sp³-hybridized carbons (Fsp3) is 0.643. The standard InChI is InChI=1S/C28H33NO4S/c1-25(31,18-7-10-34-13-18)27-14-26(15-27)20-11-17-5-6-19(30)22-21(17)28(26,24(33-22)23(27)32-2)8-9-29(20)12-16-3-4-16/h5-7,10,13,16,20,23-24,30-31H,3-4,8-9,11-12,14-15H2,1-2H3. The Balaban J connectivity index is 1.34. The lowest BCUT2D eigenvalue weighted by molar-refractivity contribution is -0.346. The van der Waals surface area contributed by atoms with Crippen LogP contribution < -0.4 is 4.74 Å². The van der Waals surface area contributed by atoms with Gasteiger partial charge in [0.05, 0.1) is 5.60 Å². The van der Waals surface area contributed by atoms with Gasteiger partial charge in [-0.25, -0.2) is 0 Å². The molecule has 6 heteroatoms. The molecule has 0 radical (unpaired) electrons. The first kappa shape index (κ1) is 20.6. The normalized spacial score (nSPS) is 43.0. The minimum absolute atomic E-state index is 0.0475. The number of aromatic hydroxyl groups is 1. The molecule has 2 aromatic rings. The summed E-state index contributed by atoms with van der Waals surface area (Å²) in [7, 11) is 1.79. The lowest BCUT2D eigenvalue weighted by atomic mass is 9.27. The largest absolute Gasteiger partial charge is 0.504 e. The van der Waals surface area contributed by atoms with Gasteiger partial charge in [-0.2, -0.15) is 11.3 Å². The van der Waals surface area contributed by atoms with Crippen LogP contribution in [0.25, 0.3) is 0 Å². The summed E-state index contributed by atoms with van der Waals surface area (Å²) < 4.78 is 13.1. The van der Waals surface area contributed by atoms with Crippen molar-refractivity contribution in [2.24, 2.45) is 16.7 Å². The van der Waals surface area contributed by atoms with E-state index >= 15 is 0 Å². The molecule has 180 valence electrons. The van der Waals surface area contributed by atoms with Gasteiger partial charge in [0.15, 0.2) is 11.5 Å². The van der Waals surface area contributed by atoms with Crippen LogP contribution in [0.2, 0.25) is 0 Å². The fourth-order valence-electron chi connectivity index (χ4n) is 9.55. The van der Waals surface area contributed by atoms with Crippen LogP contribution in [0.5, 0.6) is 11.5 Å². The maximum absolute atomic E-state index is 12.2. The van der Waals surface area contributed by atoms with Gasteiger partial charge in [-0.15, -0.1) is 0 Å². The zero-order valence-corrected chi connectivity index (χ0v) is 20.7. The molecule has 1 aromatic carbocycles. The molecule has 2 spiro atoms. The first-order valence-electron chi connectivity index (χ1n) is 12.9. The van der Waals surface area contributed by atoms with Gasteiger partial charge in [-0.1, -0.05) is 6.07 Å². The molecule has 5 fully saturated rings. The molecule has 2 aliphatic heterocycles. The van der Waals surface area contributed by atoms with Crippen LogP contribution in [0.15, 0.2) is 29.0 Å². The molecular formula is C28H33NO4S. The van der Waals surface area contributed by atoms with Crippen molar-refractivity contribution in [3.8, 4) is 11.5 Å². The predicted molar refractivity (Wildman–Crippen MR) is 129 cm³/mol. The maximum atomic E-state index is 12.2. The quantitative estimate of drug-likeness (QED) is 0.673. The Morgan fingerprint density at radius 1 is 1.26 bits per heavy atom. The molecule has 1 saturated heterocycles. The third-order valence-corrected chi connectivity index (χ3v) is 11.8. The molecule has 3 heterocycles. The first-order valence-corrected chi connectivity index (χ1v) is 13.9. The van der Waals surface area contributed by atoms with Crippen molar-refractivity contribution in [1.29, 1.82) is 0 Å². The molecule has 34 heavy (non-hydrogen) atoms. The van der Waals surface area contributed by atoms with E-state index in [4.69, 9.17) is 9.47 Å². The van der Waals surface area contributed by atoms with Crippen molar-refractivity contribution in [1.82, 2.24) is 4.90 Å². The number of likely N-dealkylation sites (tertiary alicyclic amines) is 1. The molecule has 1 aromatic heterocycles. The number of hydrogen-bond donors (Lipinski definition) is 2. The number of methoxy groups -OCH3 is 1. The van der Waals surface area contributed by atoms with Gasteiger partial charge in [0.2, 0.25) is 0 Å². The van der Waals surface area contributed by atoms with Gasteiger partial charge in [0.25, 0.3) is 0 Å². The number of phenolic OH excluding ortho intramolecular Hbond substituents is 1. The Morgan fingerprint density at radius 2 is 2.09 bits per heavy atom. The molecule has 5 nitrogen and oxygen atoms in total. The highest BCUT2D eigenvalue weighted by Gasteiger charge is 2.86. The van der Waals surface area contributed by atoms with Crippen molar-refractivity contribution in [3.05, 3.63) is 45.6 Å². The number of benzene rings is 1. The molecule has 5 aliphatic carbocycles. The SMILES string of the molecule is COC1C2Oc3c(O)ccc4c3C23CCN(CC2CC2)C(C4)C32CC1(C(C)(O)c1ccsc1)C2. The van der Waals surface area contributed by atoms with E-state index in [0.29, 0.717) is 11.8 Å². The number of piperidine rings is 1. The van der Waals surface area contributed by atoms with Crippen LogP contribution in [0.1, 0.15) is 55.7 Å². The molecule has 4 bridgehead atoms. The Morgan fingerprint density at radius 3 is 2.79 bits per heavy atom. The van der Waals surface area contributed by atoms with Gasteiger partial charge in [-0.05, 0) is 91.9 Å². The van der Waals surface area contributed by atoms with Gasteiger partial charge in [0.1, 0.15) is 12.2 Å². The summed E-state index contributed by atoms with van der Waals surface area (Å²) in [5.74, 6) is 1.80. The lowest BCUT2D eigenvalue weighted by Gasteiger charge is -2.80. The summed E-state index contributed by atoms with van der Waals surface area (Å²) in [4.78, 5) is 2.80. The zero-order chi connectivity index (χ0) is 23.1. The minimum Gasteiger partial charge on any atom is -0.504 e. The highest BCUT2D eigenvalue weighted by atomic mass is 32.1. The zero-order valence-electron chi connectivity index (χ0n) is 19.9. The van der Waals surface area contributed by atoms with Crippen LogP contribution in [-0.2, 0) is 22.2 Å². The summed E-state index contributed by atoms with van der Waals surface area (Å²) in [6.45, 7) is 4.29. The second-order valence-electron chi connectivity index (χ2n) is 12.3. The van der Waals surface area contributed by atoms with Crippen molar-refractivity contribution in [3.63, 3.8) is 0 Å². The van der Waals surface area contributed by atoms with Gasteiger partial charge < -0.3 is 19.7 Å². The number of ether oxygens (including phenoxy) is 2. The van der Waals surface area contributed by atoms with E-state index in [-0.39, 0.29) is 28.8 Å². The third kappa shape index (κ3) is 2.04. The Kier molecular flexibility index (Phi) is 3.75. The number of phenols is 1. The van der Waals surface area contributed by atoms with Crippen molar-refractivity contribution >= 4 is 11.3 Å². The Labute approximate surface area is 204 Å². The molecule has 9 rings (SSSR count). The molecule has 5 atom stereocenters. The number of nitrogens with zero attached hydrogens (tertiary/aromatic N) is 1. The van der Waals surface area contributed by atoms with Gasteiger partial charge in [0, 0.05) is 41.5 Å². The van der Waals surface area contributed by atoms with E-state index in [2.05, 4.69) is 27.8 Å². The monoisotopic (exact) mass is 479 g/mol. The number of hydrogen-bond acceptors (Lipinski definition) is 6.